The van der Waals surface area contributed by atoms with Gasteiger partial charge in [-0.1, -0.05) is 11.8 Å². The van der Waals surface area contributed by atoms with E-state index in [4.69, 9.17) is 5.11 Å². The highest BCUT2D eigenvalue weighted by atomic mass is 16.3. The smallest absolute Gasteiger partial charge is 0.104 e. The maximum Gasteiger partial charge on any atom is 0.104 e. The number of piperidine rings is 1. The van der Waals surface area contributed by atoms with Gasteiger partial charge in [0.25, 0.3) is 0 Å². The van der Waals surface area contributed by atoms with Gasteiger partial charge < -0.3 is 20.6 Å². The quantitative estimate of drug-likeness (QED) is 0.355. The van der Waals surface area contributed by atoms with Crippen LogP contribution in [0.4, 0.5) is 0 Å². The number of hydrogen-bond acceptors (Lipinski definition) is 4. The van der Waals surface area contributed by atoms with E-state index in [9.17, 15) is 10.2 Å². The minimum atomic E-state index is -0.794. The van der Waals surface area contributed by atoms with E-state index in [1.807, 2.05) is 0 Å². The van der Waals surface area contributed by atoms with E-state index >= 15 is 0 Å². The Hall–Kier alpha value is -0.600. The lowest BCUT2D eigenvalue weighted by molar-refractivity contribution is -0.0393. The summed E-state index contributed by atoms with van der Waals surface area (Å²) in [6.07, 6.45) is 0.431. The predicted molar refractivity (Wildman–Crippen MR) is 50.3 cm³/mol. The Labute approximate surface area is 82.9 Å². The molecule has 0 radical (unpaired) electrons. The third-order valence-corrected chi connectivity index (χ3v) is 3.12. The third-order valence-electron chi connectivity index (χ3n) is 3.12. The lowest BCUT2D eigenvalue weighted by Crippen LogP contribution is -2.57. The van der Waals surface area contributed by atoms with Crippen molar-refractivity contribution in [3.05, 3.63) is 0 Å². The first-order chi connectivity index (χ1) is 6.69. The maximum atomic E-state index is 9.77. The molecule has 0 aromatic rings. The molecule has 0 aromatic carbocycles. The van der Waals surface area contributed by atoms with Crippen LogP contribution in [0.15, 0.2) is 0 Å². The van der Waals surface area contributed by atoms with E-state index in [0.29, 0.717) is 6.54 Å². The Morgan fingerprint density at radius 3 is 2.64 bits per heavy atom. The molecule has 4 N–H and O–H groups in total. The molecule has 4 heteroatoms. The monoisotopic (exact) mass is 197 g/mol. The highest BCUT2D eigenvalue weighted by Crippen LogP contribution is 2.46. The van der Waals surface area contributed by atoms with E-state index in [1.165, 1.54) is 0 Å². The third kappa shape index (κ3) is 1.53. The Balaban J connectivity index is 2.14. The SMILES string of the molecule is OCC#C[C@@H]1[C@@H](O)[C@H](O)CNC12CC2. The molecule has 1 aliphatic heterocycles. The molecule has 2 aliphatic rings. The van der Waals surface area contributed by atoms with E-state index in [-0.39, 0.29) is 18.1 Å². The summed E-state index contributed by atoms with van der Waals surface area (Å²) in [6.45, 7) is 0.230. The highest BCUT2D eigenvalue weighted by molar-refractivity contribution is 5.23. The van der Waals surface area contributed by atoms with Crippen molar-refractivity contribution in [3.8, 4) is 11.8 Å². The van der Waals surface area contributed by atoms with Crippen LogP contribution < -0.4 is 5.32 Å². The molecule has 2 rings (SSSR count). The summed E-state index contributed by atoms with van der Waals surface area (Å²) in [5, 5.41) is 31.0. The molecule has 1 saturated heterocycles. The van der Waals surface area contributed by atoms with Gasteiger partial charge in [-0.15, -0.1) is 0 Å². The van der Waals surface area contributed by atoms with Gasteiger partial charge in [0, 0.05) is 12.1 Å². The van der Waals surface area contributed by atoms with E-state index in [0.717, 1.165) is 12.8 Å². The van der Waals surface area contributed by atoms with Gasteiger partial charge in [-0.3, -0.25) is 0 Å². The summed E-state index contributed by atoms with van der Waals surface area (Å²) in [5.74, 6) is 5.14. The van der Waals surface area contributed by atoms with E-state index < -0.39 is 12.2 Å². The van der Waals surface area contributed by atoms with Crippen LogP contribution in [0.1, 0.15) is 12.8 Å². The van der Waals surface area contributed by atoms with Crippen molar-refractivity contribution >= 4 is 0 Å². The first-order valence-electron chi connectivity index (χ1n) is 4.90. The average Bonchev–Trinajstić information content (AvgIpc) is 2.94. The van der Waals surface area contributed by atoms with Crippen molar-refractivity contribution < 1.29 is 15.3 Å². The summed E-state index contributed by atoms with van der Waals surface area (Å²) < 4.78 is 0. The van der Waals surface area contributed by atoms with Gasteiger partial charge in [-0.25, -0.2) is 0 Å². The normalized spacial score (nSPS) is 38.9. The molecule has 14 heavy (non-hydrogen) atoms. The Bertz CT molecular complexity index is 277. The van der Waals surface area contributed by atoms with Crippen LogP contribution >= 0.6 is 0 Å². The number of hydrogen-bond donors (Lipinski definition) is 4. The predicted octanol–water partition coefficient (Wildman–Crippen LogP) is -1.54. The van der Waals surface area contributed by atoms with Crippen molar-refractivity contribution in [1.82, 2.24) is 5.32 Å². The Morgan fingerprint density at radius 1 is 1.36 bits per heavy atom. The number of β-amino-alcohol motifs (C(OH)–C–C–N with tert-alkyl or cyclic N) is 1. The molecule has 1 aliphatic carbocycles. The first-order valence-corrected chi connectivity index (χ1v) is 4.90. The molecular formula is C10H15NO3. The van der Waals surface area contributed by atoms with Gasteiger partial charge in [-0.2, -0.15) is 0 Å². The summed E-state index contributed by atoms with van der Waals surface area (Å²) in [6, 6.07) is 0. The fourth-order valence-corrected chi connectivity index (χ4v) is 2.09. The van der Waals surface area contributed by atoms with Crippen molar-refractivity contribution in [2.45, 2.75) is 30.6 Å². The molecular weight excluding hydrogens is 182 g/mol. The van der Waals surface area contributed by atoms with Crippen molar-refractivity contribution in [2.24, 2.45) is 5.92 Å². The number of aliphatic hydroxyl groups excluding tert-OH is 3. The van der Waals surface area contributed by atoms with E-state index in [1.54, 1.807) is 0 Å². The standard InChI is InChI=1S/C10H15NO3/c12-5-1-2-7-9(14)8(13)6-11-10(7)3-4-10/h7-9,11-14H,3-6H2/t7-,8-,9-/m1/s1. The van der Waals surface area contributed by atoms with Gasteiger partial charge >= 0.3 is 0 Å². The first kappa shape index (κ1) is 9.94. The number of rotatable bonds is 0. The summed E-state index contributed by atoms with van der Waals surface area (Å²) in [5.41, 5.74) is -0.0964. The number of nitrogens with one attached hydrogen (secondary N) is 1. The zero-order valence-corrected chi connectivity index (χ0v) is 7.90. The maximum absolute atomic E-state index is 9.77. The lowest BCUT2D eigenvalue weighted by atomic mass is 9.85. The second-order valence-corrected chi connectivity index (χ2v) is 4.05. The average molecular weight is 197 g/mol. The summed E-state index contributed by atoms with van der Waals surface area (Å²) in [4.78, 5) is 0. The largest absolute Gasteiger partial charge is 0.389 e. The van der Waals surface area contributed by atoms with Gasteiger partial charge in [0.15, 0.2) is 0 Å². The Morgan fingerprint density at radius 2 is 2.07 bits per heavy atom. The van der Waals surface area contributed by atoms with Crippen molar-refractivity contribution in [3.63, 3.8) is 0 Å². The van der Waals surface area contributed by atoms with Crippen LogP contribution in [0.5, 0.6) is 0 Å². The minimum absolute atomic E-state index is 0.0964. The van der Waals surface area contributed by atoms with Crippen molar-refractivity contribution in [2.75, 3.05) is 13.2 Å². The minimum Gasteiger partial charge on any atom is -0.389 e. The van der Waals surface area contributed by atoms with E-state index in [2.05, 4.69) is 17.2 Å². The molecule has 0 amide bonds. The fraction of sp³-hybridized carbons (Fsp3) is 0.800. The highest BCUT2D eigenvalue weighted by Gasteiger charge is 2.55. The molecule has 3 atom stereocenters. The molecule has 0 aromatic heterocycles. The van der Waals surface area contributed by atoms with Crippen molar-refractivity contribution in [1.29, 1.82) is 0 Å². The lowest BCUT2D eigenvalue weighted by Gasteiger charge is -2.37. The number of aliphatic hydroxyl groups is 3. The molecule has 4 nitrogen and oxygen atoms in total. The van der Waals surface area contributed by atoms with Gasteiger partial charge in [0.05, 0.1) is 18.1 Å². The topological polar surface area (TPSA) is 72.7 Å². The molecule has 1 saturated carbocycles. The van der Waals surface area contributed by atoms with Gasteiger partial charge in [-0.05, 0) is 12.8 Å². The van der Waals surface area contributed by atoms with Gasteiger partial charge in [0.1, 0.15) is 6.61 Å². The molecule has 2 fully saturated rings. The van der Waals surface area contributed by atoms with Crippen LogP contribution in [0, 0.1) is 17.8 Å². The summed E-state index contributed by atoms with van der Waals surface area (Å²) in [7, 11) is 0. The fourth-order valence-electron chi connectivity index (χ4n) is 2.09. The van der Waals surface area contributed by atoms with Gasteiger partial charge in [0.2, 0.25) is 0 Å². The molecule has 1 spiro atoms. The zero-order valence-electron chi connectivity index (χ0n) is 7.90. The second-order valence-electron chi connectivity index (χ2n) is 4.05. The van der Waals surface area contributed by atoms with Crippen LogP contribution in [0.25, 0.3) is 0 Å². The Kier molecular flexibility index (Phi) is 2.50. The molecule has 78 valence electrons. The second kappa shape index (κ2) is 3.52. The van der Waals surface area contributed by atoms with Crippen LogP contribution in [0.2, 0.25) is 0 Å². The van der Waals surface area contributed by atoms with Crippen LogP contribution in [-0.2, 0) is 0 Å². The molecule has 1 heterocycles. The zero-order chi connectivity index (χ0) is 10.2. The van der Waals surface area contributed by atoms with Crippen LogP contribution in [-0.4, -0.2) is 46.2 Å². The molecule has 0 bridgehead atoms. The van der Waals surface area contributed by atoms with Crippen LogP contribution in [0.3, 0.4) is 0 Å². The summed E-state index contributed by atoms with van der Waals surface area (Å²) >= 11 is 0. The molecule has 0 unspecified atom stereocenters.